The molecule has 0 N–H and O–H groups in total. The SMILES string of the molecule is CCCCC(Br)/C=C/C(Br)CCCC. The molecule has 2 unspecified atom stereocenters. The summed E-state index contributed by atoms with van der Waals surface area (Å²) in [5.41, 5.74) is 0. The monoisotopic (exact) mass is 324 g/mol. The van der Waals surface area contributed by atoms with E-state index in [0.29, 0.717) is 9.65 Å². The van der Waals surface area contributed by atoms with Gasteiger partial charge in [-0.05, 0) is 12.8 Å². The maximum atomic E-state index is 3.67. The van der Waals surface area contributed by atoms with Crippen LogP contribution in [-0.2, 0) is 0 Å². The van der Waals surface area contributed by atoms with Gasteiger partial charge in [0.1, 0.15) is 0 Å². The molecule has 0 bridgehead atoms. The van der Waals surface area contributed by atoms with Crippen molar-refractivity contribution in [1.29, 1.82) is 0 Å². The number of hydrogen-bond acceptors (Lipinski definition) is 0. The summed E-state index contributed by atoms with van der Waals surface area (Å²) >= 11 is 7.34. The highest BCUT2D eigenvalue weighted by molar-refractivity contribution is 9.10. The summed E-state index contributed by atoms with van der Waals surface area (Å²) in [5, 5.41) is 0. The summed E-state index contributed by atoms with van der Waals surface area (Å²) in [6.07, 6.45) is 12.2. The third-order valence-electron chi connectivity index (χ3n) is 2.20. The lowest BCUT2D eigenvalue weighted by atomic mass is 10.1. The van der Waals surface area contributed by atoms with E-state index in [1.165, 1.54) is 38.5 Å². The van der Waals surface area contributed by atoms with Gasteiger partial charge in [0.05, 0.1) is 0 Å². The molecule has 0 aliphatic heterocycles. The first kappa shape index (κ1) is 14.7. The van der Waals surface area contributed by atoms with Gasteiger partial charge in [-0.1, -0.05) is 83.5 Å². The molecule has 14 heavy (non-hydrogen) atoms. The molecule has 0 aromatic heterocycles. The predicted octanol–water partition coefficient (Wildman–Crippen LogP) is 5.45. The maximum absolute atomic E-state index is 3.67. The van der Waals surface area contributed by atoms with Gasteiger partial charge in [0.25, 0.3) is 0 Å². The highest BCUT2D eigenvalue weighted by atomic mass is 79.9. The second-order valence-electron chi connectivity index (χ2n) is 3.70. The largest absolute Gasteiger partial charge is 0.0845 e. The van der Waals surface area contributed by atoms with Crippen molar-refractivity contribution in [1.82, 2.24) is 0 Å². The van der Waals surface area contributed by atoms with E-state index in [0.717, 1.165) is 0 Å². The van der Waals surface area contributed by atoms with E-state index in [1.54, 1.807) is 0 Å². The van der Waals surface area contributed by atoms with Crippen molar-refractivity contribution in [2.45, 2.75) is 62.0 Å². The Morgan fingerprint density at radius 3 is 1.50 bits per heavy atom. The van der Waals surface area contributed by atoms with Crippen molar-refractivity contribution < 1.29 is 0 Å². The van der Waals surface area contributed by atoms with Gasteiger partial charge in [-0.25, -0.2) is 0 Å². The van der Waals surface area contributed by atoms with Crippen LogP contribution in [0.15, 0.2) is 12.2 Å². The Morgan fingerprint density at radius 1 is 0.857 bits per heavy atom. The Bertz CT molecular complexity index is 127. The molecule has 0 spiro atoms. The zero-order valence-electron chi connectivity index (χ0n) is 9.31. The van der Waals surface area contributed by atoms with Gasteiger partial charge < -0.3 is 0 Å². The maximum Gasteiger partial charge on any atom is 0.0325 e. The van der Waals surface area contributed by atoms with E-state index < -0.39 is 0 Å². The number of alkyl halides is 2. The third-order valence-corrected chi connectivity index (χ3v) is 3.72. The number of hydrogen-bond donors (Lipinski definition) is 0. The summed E-state index contributed by atoms with van der Waals surface area (Å²) < 4.78 is 0. The lowest BCUT2D eigenvalue weighted by Crippen LogP contribution is -1.96. The second-order valence-corrected chi connectivity index (χ2v) is 6.05. The zero-order chi connectivity index (χ0) is 10.8. The van der Waals surface area contributed by atoms with Crippen molar-refractivity contribution in [3.63, 3.8) is 0 Å². The van der Waals surface area contributed by atoms with E-state index >= 15 is 0 Å². The molecular formula is C12H22Br2. The minimum absolute atomic E-state index is 0.559. The molecule has 0 amide bonds. The van der Waals surface area contributed by atoms with Crippen LogP contribution in [0.5, 0.6) is 0 Å². The normalized spacial score (nSPS) is 16.0. The summed E-state index contributed by atoms with van der Waals surface area (Å²) in [5.74, 6) is 0. The Kier molecular flexibility index (Phi) is 10.7. The summed E-state index contributed by atoms with van der Waals surface area (Å²) in [4.78, 5) is 1.12. The van der Waals surface area contributed by atoms with Crippen LogP contribution in [0.25, 0.3) is 0 Å². The van der Waals surface area contributed by atoms with Gasteiger partial charge in [-0.15, -0.1) is 0 Å². The summed E-state index contributed by atoms with van der Waals surface area (Å²) in [7, 11) is 0. The van der Waals surface area contributed by atoms with Gasteiger partial charge in [-0.2, -0.15) is 0 Å². The Balaban J connectivity index is 3.56. The average molecular weight is 326 g/mol. The van der Waals surface area contributed by atoms with Gasteiger partial charge in [-0.3, -0.25) is 0 Å². The molecule has 0 aliphatic carbocycles. The highest BCUT2D eigenvalue weighted by Crippen LogP contribution is 2.15. The molecule has 2 heteroatoms. The second kappa shape index (κ2) is 10.2. The molecule has 0 nitrogen and oxygen atoms in total. The summed E-state index contributed by atoms with van der Waals surface area (Å²) in [6, 6.07) is 0. The van der Waals surface area contributed by atoms with Crippen LogP contribution in [-0.4, -0.2) is 9.65 Å². The van der Waals surface area contributed by atoms with Crippen molar-refractivity contribution in [3.8, 4) is 0 Å². The molecule has 0 saturated carbocycles. The fraction of sp³-hybridized carbons (Fsp3) is 0.833. The molecule has 84 valence electrons. The predicted molar refractivity (Wildman–Crippen MR) is 73.6 cm³/mol. The van der Waals surface area contributed by atoms with E-state index in [1.807, 2.05) is 0 Å². The first-order valence-electron chi connectivity index (χ1n) is 5.67. The fourth-order valence-electron chi connectivity index (χ4n) is 1.23. The molecule has 2 atom stereocenters. The van der Waals surface area contributed by atoms with Gasteiger partial charge >= 0.3 is 0 Å². The molecule has 0 fully saturated rings. The van der Waals surface area contributed by atoms with E-state index in [2.05, 4.69) is 57.9 Å². The highest BCUT2D eigenvalue weighted by Gasteiger charge is 2.01. The molecule has 0 aromatic carbocycles. The average Bonchev–Trinajstić information content (AvgIpc) is 2.20. The minimum atomic E-state index is 0.559. The minimum Gasteiger partial charge on any atom is -0.0845 e. The topological polar surface area (TPSA) is 0 Å². The van der Waals surface area contributed by atoms with Gasteiger partial charge in [0.15, 0.2) is 0 Å². The van der Waals surface area contributed by atoms with Crippen LogP contribution in [0.3, 0.4) is 0 Å². The van der Waals surface area contributed by atoms with E-state index in [-0.39, 0.29) is 0 Å². The van der Waals surface area contributed by atoms with Crippen LogP contribution in [0, 0.1) is 0 Å². The van der Waals surface area contributed by atoms with Crippen molar-refractivity contribution in [2.75, 3.05) is 0 Å². The Hall–Kier alpha value is 0.700. The molecule has 0 heterocycles. The van der Waals surface area contributed by atoms with Crippen molar-refractivity contribution in [3.05, 3.63) is 12.2 Å². The number of halogens is 2. The molecule has 0 saturated heterocycles. The van der Waals surface area contributed by atoms with E-state index in [4.69, 9.17) is 0 Å². The zero-order valence-corrected chi connectivity index (χ0v) is 12.5. The van der Waals surface area contributed by atoms with E-state index in [9.17, 15) is 0 Å². The molecule has 0 aliphatic rings. The first-order chi connectivity index (χ1) is 6.70. The van der Waals surface area contributed by atoms with Crippen LogP contribution in [0.4, 0.5) is 0 Å². The van der Waals surface area contributed by atoms with Crippen LogP contribution >= 0.6 is 31.9 Å². The lowest BCUT2D eigenvalue weighted by Gasteiger charge is -2.05. The fourth-order valence-corrected chi connectivity index (χ4v) is 2.23. The Labute approximate surface area is 106 Å². The number of rotatable bonds is 8. The van der Waals surface area contributed by atoms with Crippen molar-refractivity contribution in [2.24, 2.45) is 0 Å². The number of allylic oxidation sites excluding steroid dienone is 2. The molecular weight excluding hydrogens is 304 g/mol. The van der Waals surface area contributed by atoms with Gasteiger partial charge in [0.2, 0.25) is 0 Å². The first-order valence-corrected chi connectivity index (χ1v) is 7.50. The van der Waals surface area contributed by atoms with Crippen molar-refractivity contribution >= 4 is 31.9 Å². The van der Waals surface area contributed by atoms with Crippen LogP contribution < -0.4 is 0 Å². The molecule has 0 radical (unpaired) electrons. The third kappa shape index (κ3) is 9.26. The Morgan fingerprint density at radius 2 is 1.21 bits per heavy atom. The molecule has 0 rings (SSSR count). The standard InChI is InChI=1S/C12H22Br2/c1-3-5-7-11(13)9-10-12(14)8-6-4-2/h9-12H,3-8H2,1-2H3/b10-9+. The van der Waals surface area contributed by atoms with Crippen LogP contribution in [0.2, 0.25) is 0 Å². The lowest BCUT2D eigenvalue weighted by molar-refractivity contribution is 0.731. The van der Waals surface area contributed by atoms with Gasteiger partial charge in [0, 0.05) is 9.65 Å². The quantitative estimate of drug-likeness (QED) is 0.411. The molecule has 0 aromatic rings. The summed E-state index contributed by atoms with van der Waals surface area (Å²) in [6.45, 7) is 4.47. The number of unbranched alkanes of at least 4 members (excludes halogenated alkanes) is 2. The smallest absolute Gasteiger partial charge is 0.0325 e. The van der Waals surface area contributed by atoms with Crippen LogP contribution in [0.1, 0.15) is 52.4 Å².